The average Bonchev–Trinajstić information content (AvgIpc) is 3.32. The minimum atomic E-state index is -0.361. The van der Waals surface area contributed by atoms with E-state index in [2.05, 4.69) is 6.07 Å². The zero-order chi connectivity index (χ0) is 16.8. The van der Waals surface area contributed by atoms with Gasteiger partial charge in [-0.25, -0.2) is 5.01 Å². The molecule has 0 saturated heterocycles. The first-order valence-electron chi connectivity index (χ1n) is 8.20. The molecule has 2 aromatic carbocycles. The monoisotopic (exact) mass is 350 g/mol. The van der Waals surface area contributed by atoms with E-state index in [4.69, 9.17) is 25.9 Å². The molecule has 0 bridgehead atoms. The third kappa shape index (κ3) is 2.41. The van der Waals surface area contributed by atoms with E-state index >= 15 is 0 Å². The molecule has 0 radical (unpaired) electrons. The van der Waals surface area contributed by atoms with E-state index in [9.17, 15) is 0 Å². The zero-order valence-electron chi connectivity index (χ0n) is 13.3. The van der Waals surface area contributed by atoms with Crippen LogP contribution < -0.4 is 4.74 Å². The first-order valence-corrected chi connectivity index (χ1v) is 8.58. The molecular weight excluding hydrogens is 336 g/mol. The van der Waals surface area contributed by atoms with Gasteiger partial charge in [-0.2, -0.15) is 5.10 Å². The van der Waals surface area contributed by atoms with Crippen LogP contribution in [0.2, 0.25) is 5.02 Å². The van der Waals surface area contributed by atoms with E-state index in [-0.39, 0.29) is 12.3 Å². The van der Waals surface area contributed by atoms with Crippen LogP contribution in [0.5, 0.6) is 5.75 Å². The van der Waals surface area contributed by atoms with Crippen LogP contribution in [0.15, 0.2) is 76.4 Å². The summed E-state index contributed by atoms with van der Waals surface area (Å²) < 4.78 is 11.8. The lowest BCUT2D eigenvalue weighted by molar-refractivity contribution is -0.0325. The Kier molecular flexibility index (Phi) is 3.31. The van der Waals surface area contributed by atoms with E-state index in [1.165, 1.54) is 0 Å². The van der Waals surface area contributed by atoms with Gasteiger partial charge >= 0.3 is 0 Å². The summed E-state index contributed by atoms with van der Waals surface area (Å²) in [6, 6.07) is 19.9. The van der Waals surface area contributed by atoms with Gasteiger partial charge in [-0.1, -0.05) is 41.9 Å². The maximum atomic E-state index is 6.20. The molecule has 3 aromatic rings. The summed E-state index contributed by atoms with van der Waals surface area (Å²) in [5, 5.41) is 7.60. The van der Waals surface area contributed by atoms with Gasteiger partial charge in [0.1, 0.15) is 5.75 Å². The number of hydrazone groups is 1. The summed E-state index contributed by atoms with van der Waals surface area (Å²) >= 11 is 6.02. The van der Waals surface area contributed by atoms with Crippen molar-refractivity contribution < 1.29 is 9.15 Å². The normalized spacial score (nSPS) is 21.3. The molecule has 0 fully saturated rings. The Bertz CT molecular complexity index is 935. The number of hydrogen-bond donors (Lipinski definition) is 0. The fourth-order valence-corrected chi connectivity index (χ4v) is 3.60. The van der Waals surface area contributed by atoms with Crippen LogP contribution in [0, 0.1) is 0 Å². The van der Waals surface area contributed by atoms with Crippen LogP contribution in [0.3, 0.4) is 0 Å². The van der Waals surface area contributed by atoms with Gasteiger partial charge in [-0.15, -0.1) is 0 Å². The Morgan fingerprint density at radius 2 is 1.84 bits per heavy atom. The second-order valence-electron chi connectivity index (χ2n) is 6.18. The topological polar surface area (TPSA) is 38.0 Å². The third-order valence-electron chi connectivity index (χ3n) is 4.66. The predicted octanol–water partition coefficient (Wildman–Crippen LogP) is 5.18. The van der Waals surface area contributed by atoms with Crippen molar-refractivity contribution in [2.75, 3.05) is 0 Å². The summed E-state index contributed by atoms with van der Waals surface area (Å²) in [6.45, 7) is 0. The molecule has 25 heavy (non-hydrogen) atoms. The number of benzene rings is 2. The lowest BCUT2D eigenvalue weighted by Crippen LogP contribution is -2.33. The number of para-hydroxylation sites is 1. The van der Waals surface area contributed by atoms with Crippen LogP contribution in [0.25, 0.3) is 0 Å². The van der Waals surface area contributed by atoms with Gasteiger partial charge in [-0.05, 0) is 35.9 Å². The summed E-state index contributed by atoms with van der Waals surface area (Å²) in [7, 11) is 0. The molecule has 2 aliphatic rings. The standard InChI is InChI=1S/C20H15ClN2O2/c21-14-9-7-13(8-10-14)16-12-17-15-4-1-2-5-18(15)25-20(23(17)22-16)19-6-3-11-24-19/h1-11,17,20H,12H2/t17-,20-/m0/s1. The van der Waals surface area contributed by atoms with Gasteiger partial charge < -0.3 is 9.15 Å². The SMILES string of the molecule is Clc1ccc(C2=NN3[C@@H](C2)c2ccccc2O[C@H]3c2ccco2)cc1. The fourth-order valence-electron chi connectivity index (χ4n) is 3.47. The molecule has 124 valence electrons. The van der Waals surface area contributed by atoms with Gasteiger partial charge in [-0.3, -0.25) is 0 Å². The number of nitrogens with zero attached hydrogens (tertiary/aromatic N) is 2. The van der Waals surface area contributed by atoms with E-state index in [0.29, 0.717) is 0 Å². The quantitative estimate of drug-likeness (QED) is 0.639. The number of ether oxygens (including phenoxy) is 1. The molecular formula is C20H15ClN2O2. The van der Waals surface area contributed by atoms with Crippen molar-refractivity contribution in [2.24, 2.45) is 5.10 Å². The molecule has 2 atom stereocenters. The maximum absolute atomic E-state index is 6.20. The number of rotatable bonds is 2. The zero-order valence-corrected chi connectivity index (χ0v) is 14.1. The Morgan fingerprint density at radius 1 is 1.00 bits per heavy atom. The Labute approximate surface area is 150 Å². The van der Waals surface area contributed by atoms with Crippen LogP contribution in [-0.2, 0) is 0 Å². The number of halogens is 1. The van der Waals surface area contributed by atoms with E-state index < -0.39 is 0 Å². The summed E-state index contributed by atoms with van der Waals surface area (Å²) in [5.74, 6) is 1.64. The van der Waals surface area contributed by atoms with Gasteiger partial charge in [0, 0.05) is 17.0 Å². The van der Waals surface area contributed by atoms with Gasteiger partial charge in [0.2, 0.25) is 6.23 Å². The molecule has 0 N–H and O–H groups in total. The van der Waals surface area contributed by atoms with Crippen LogP contribution >= 0.6 is 11.6 Å². The second-order valence-corrected chi connectivity index (χ2v) is 6.61. The highest BCUT2D eigenvalue weighted by atomic mass is 35.5. The highest BCUT2D eigenvalue weighted by Gasteiger charge is 2.41. The van der Waals surface area contributed by atoms with E-state index in [1.807, 2.05) is 59.6 Å². The molecule has 0 unspecified atom stereocenters. The van der Waals surface area contributed by atoms with Crippen molar-refractivity contribution >= 4 is 17.3 Å². The number of furan rings is 1. The van der Waals surface area contributed by atoms with E-state index in [1.54, 1.807) is 6.26 Å². The molecule has 0 saturated carbocycles. The van der Waals surface area contributed by atoms with Crippen LogP contribution in [0.1, 0.15) is 35.6 Å². The minimum absolute atomic E-state index is 0.130. The molecule has 0 aliphatic carbocycles. The molecule has 1 aromatic heterocycles. The Balaban J connectivity index is 1.59. The number of hydrogen-bond acceptors (Lipinski definition) is 4. The number of fused-ring (bicyclic) bond motifs is 3. The molecule has 4 nitrogen and oxygen atoms in total. The molecule has 5 rings (SSSR count). The minimum Gasteiger partial charge on any atom is -0.463 e. The highest BCUT2D eigenvalue weighted by Crippen LogP contribution is 2.47. The van der Waals surface area contributed by atoms with Crippen molar-refractivity contribution in [3.8, 4) is 5.75 Å². The molecule has 0 spiro atoms. The van der Waals surface area contributed by atoms with Crippen LogP contribution in [0.4, 0.5) is 0 Å². The highest BCUT2D eigenvalue weighted by molar-refractivity contribution is 6.30. The van der Waals surface area contributed by atoms with Crippen molar-refractivity contribution in [1.29, 1.82) is 0 Å². The van der Waals surface area contributed by atoms with Crippen molar-refractivity contribution in [3.05, 3.63) is 88.8 Å². The van der Waals surface area contributed by atoms with Crippen molar-refractivity contribution in [3.63, 3.8) is 0 Å². The van der Waals surface area contributed by atoms with Crippen molar-refractivity contribution in [2.45, 2.75) is 18.7 Å². The first kappa shape index (κ1) is 14.6. The summed E-state index contributed by atoms with van der Waals surface area (Å²) in [5.41, 5.74) is 3.26. The van der Waals surface area contributed by atoms with Gasteiger partial charge in [0.05, 0.1) is 18.0 Å². The molecule has 3 heterocycles. The average molecular weight is 351 g/mol. The van der Waals surface area contributed by atoms with Gasteiger partial charge in [0.15, 0.2) is 5.76 Å². The van der Waals surface area contributed by atoms with Gasteiger partial charge in [0.25, 0.3) is 0 Å². The maximum Gasteiger partial charge on any atom is 0.246 e. The fraction of sp³-hybridized carbons (Fsp3) is 0.150. The smallest absolute Gasteiger partial charge is 0.246 e. The predicted molar refractivity (Wildman–Crippen MR) is 95.7 cm³/mol. The lowest BCUT2D eigenvalue weighted by Gasteiger charge is -2.36. The third-order valence-corrected chi connectivity index (χ3v) is 4.92. The largest absolute Gasteiger partial charge is 0.463 e. The lowest BCUT2D eigenvalue weighted by atomic mass is 9.96. The summed E-state index contributed by atoms with van der Waals surface area (Å²) in [4.78, 5) is 0. The van der Waals surface area contributed by atoms with Crippen molar-refractivity contribution in [1.82, 2.24) is 5.01 Å². The molecule has 0 amide bonds. The van der Waals surface area contributed by atoms with Crippen LogP contribution in [-0.4, -0.2) is 10.7 Å². The molecule has 2 aliphatic heterocycles. The Morgan fingerprint density at radius 3 is 2.64 bits per heavy atom. The molecule has 5 heteroatoms. The summed E-state index contributed by atoms with van der Waals surface area (Å²) in [6.07, 6.45) is 2.12. The first-order chi connectivity index (χ1) is 12.3. The Hall–Kier alpha value is -2.72. The second kappa shape index (κ2) is 5.67. The van der Waals surface area contributed by atoms with E-state index in [0.717, 1.165) is 39.8 Å².